The van der Waals surface area contributed by atoms with Crippen molar-refractivity contribution < 1.29 is 9.10 Å². The van der Waals surface area contributed by atoms with Crippen molar-refractivity contribution in [2.24, 2.45) is 0 Å². The lowest BCUT2D eigenvalue weighted by atomic mass is 10.3. The van der Waals surface area contributed by atoms with Gasteiger partial charge in [0.25, 0.3) is 0 Å². The highest BCUT2D eigenvalue weighted by Crippen LogP contribution is 2.15. The standard InChI is InChI=1S/C12H16N3O/c1-3-4-6-15-7-5-11(8-13-15)12-14-10(2)9-16-12/h5,7-9H,3-4,6H2,1-2H3/q+1. The molecule has 0 aromatic carbocycles. The van der Waals surface area contributed by atoms with Gasteiger partial charge in [-0.2, -0.15) is 0 Å². The van der Waals surface area contributed by atoms with Crippen LogP contribution < -0.4 is 4.68 Å². The SMILES string of the molecule is CCCC[n+]1ccc(-c2nc(C)co2)cn1. The second-order valence-electron chi connectivity index (χ2n) is 3.83. The van der Waals surface area contributed by atoms with E-state index in [1.54, 1.807) is 12.5 Å². The highest BCUT2D eigenvalue weighted by Gasteiger charge is 2.08. The minimum absolute atomic E-state index is 0.632. The topological polar surface area (TPSA) is 42.8 Å². The fourth-order valence-corrected chi connectivity index (χ4v) is 1.45. The molecule has 0 amide bonds. The zero-order chi connectivity index (χ0) is 11.4. The number of hydrogen-bond donors (Lipinski definition) is 0. The van der Waals surface area contributed by atoms with E-state index in [1.807, 2.05) is 23.9 Å². The fourth-order valence-electron chi connectivity index (χ4n) is 1.45. The molecule has 4 heteroatoms. The van der Waals surface area contributed by atoms with E-state index in [-0.39, 0.29) is 0 Å². The second-order valence-corrected chi connectivity index (χ2v) is 3.83. The van der Waals surface area contributed by atoms with Gasteiger partial charge in [-0.25, -0.2) is 4.98 Å². The van der Waals surface area contributed by atoms with Gasteiger partial charge in [0.05, 0.1) is 11.3 Å². The third kappa shape index (κ3) is 2.45. The second kappa shape index (κ2) is 4.88. The summed E-state index contributed by atoms with van der Waals surface area (Å²) in [5, 5.41) is 4.32. The van der Waals surface area contributed by atoms with E-state index in [0.29, 0.717) is 5.89 Å². The highest BCUT2D eigenvalue weighted by molar-refractivity contribution is 5.49. The summed E-state index contributed by atoms with van der Waals surface area (Å²) in [6, 6.07) is 1.98. The van der Waals surface area contributed by atoms with Gasteiger partial charge in [-0.15, -0.1) is 0 Å². The lowest BCUT2D eigenvalue weighted by Crippen LogP contribution is -2.37. The van der Waals surface area contributed by atoms with Crippen LogP contribution in [0.3, 0.4) is 0 Å². The van der Waals surface area contributed by atoms with Crippen LogP contribution in [0.4, 0.5) is 0 Å². The van der Waals surface area contributed by atoms with E-state index in [9.17, 15) is 0 Å². The average Bonchev–Trinajstić information content (AvgIpc) is 2.74. The van der Waals surface area contributed by atoms with Crippen LogP contribution >= 0.6 is 0 Å². The molecule has 0 saturated carbocycles. The fraction of sp³-hybridized carbons (Fsp3) is 0.417. The van der Waals surface area contributed by atoms with Crippen molar-refractivity contribution in [1.82, 2.24) is 10.1 Å². The molecule has 2 rings (SSSR count). The zero-order valence-electron chi connectivity index (χ0n) is 9.68. The van der Waals surface area contributed by atoms with Gasteiger partial charge < -0.3 is 4.42 Å². The Hall–Kier alpha value is -1.71. The molecular weight excluding hydrogens is 202 g/mol. The molecular formula is C12H16N3O+. The number of aromatic nitrogens is 3. The first-order chi connectivity index (χ1) is 7.79. The number of aryl methyl sites for hydroxylation is 2. The van der Waals surface area contributed by atoms with Crippen LogP contribution in [0.25, 0.3) is 11.5 Å². The van der Waals surface area contributed by atoms with Gasteiger partial charge in [-0.3, -0.25) is 0 Å². The molecule has 0 atom stereocenters. The maximum Gasteiger partial charge on any atom is 0.228 e. The van der Waals surface area contributed by atoms with Crippen molar-refractivity contribution in [3.8, 4) is 11.5 Å². The maximum absolute atomic E-state index is 5.31. The molecule has 0 unspecified atom stereocenters. The minimum atomic E-state index is 0.632. The monoisotopic (exact) mass is 218 g/mol. The lowest BCUT2D eigenvalue weighted by Gasteiger charge is -1.94. The van der Waals surface area contributed by atoms with Crippen LogP contribution in [0.5, 0.6) is 0 Å². The highest BCUT2D eigenvalue weighted by atomic mass is 16.3. The van der Waals surface area contributed by atoms with E-state index in [2.05, 4.69) is 17.0 Å². The summed E-state index contributed by atoms with van der Waals surface area (Å²) in [6.07, 6.45) is 7.73. The minimum Gasteiger partial charge on any atom is -0.444 e. The summed E-state index contributed by atoms with van der Waals surface area (Å²) >= 11 is 0. The predicted molar refractivity (Wildman–Crippen MR) is 59.6 cm³/mol. The first kappa shape index (κ1) is 10.8. The normalized spacial score (nSPS) is 10.6. The Morgan fingerprint density at radius 2 is 2.31 bits per heavy atom. The number of nitrogens with zero attached hydrogens (tertiary/aromatic N) is 3. The summed E-state index contributed by atoms with van der Waals surface area (Å²) in [5.74, 6) is 0.632. The number of rotatable bonds is 4. The Morgan fingerprint density at radius 1 is 1.44 bits per heavy atom. The van der Waals surface area contributed by atoms with Gasteiger partial charge in [-0.1, -0.05) is 18.0 Å². The molecule has 0 aliphatic carbocycles. The van der Waals surface area contributed by atoms with Crippen molar-refractivity contribution >= 4 is 0 Å². The summed E-state index contributed by atoms with van der Waals surface area (Å²) in [4.78, 5) is 4.26. The molecule has 2 aromatic heterocycles. The maximum atomic E-state index is 5.31. The molecule has 2 heterocycles. The number of unbranched alkanes of at least 4 members (excludes halogenated alkanes) is 1. The molecule has 0 spiro atoms. The molecule has 0 radical (unpaired) electrons. The third-order valence-electron chi connectivity index (χ3n) is 2.38. The Morgan fingerprint density at radius 3 is 2.88 bits per heavy atom. The van der Waals surface area contributed by atoms with Gasteiger partial charge in [0.1, 0.15) is 12.5 Å². The van der Waals surface area contributed by atoms with Crippen molar-refractivity contribution in [2.45, 2.75) is 33.2 Å². The number of oxazole rings is 1. The Kier molecular flexibility index (Phi) is 3.29. The van der Waals surface area contributed by atoms with Crippen LogP contribution in [0, 0.1) is 6.92 Å². The van der Waals surface area contributed by atoms with Crippen LogP contribution in [-0.2, 0) is 6.54 Å². The van der Waals surface area contributed by atoms with E-state index in [4.69, 9.17) is 4.42 Å². The van der Waals surface area contributed by atoms with Crippen molar-refractivity contribution in [3.05, 3.63) is 30.4 Å². The van der Waals surface area contributed by atoms with E-state index in [0.717, 1.165) is 24.2 Å². The Labute approximate surface area is 94.9 Å². The smallest absolute Gasteiger partial charge is 0.228 e. The van der Waals surface area contributed by atoms with Crippen LogP contribution in [0.2, 0.25) is 0 Å². The summed E-state index contributed by atoms with van der Waals surface area (Å²) < 4.78 is 7.24. The van der Waals surface area contributed by atoms with Crippen molar-refractivity contribution in [3.63, 3.8) is 0 Å². The van der Waals surface area contributed by atoms with Crippen molar-refractivity contribution in [1.29, 1.82) is 0 Å². The molecule has 16 heavy (non-hydrogen) atoms. The van der Waals surface area contributed by atoms with Crippen LogP contribution in [0.15, 0.2) is 29.1 Å². The molecule has 0 N–H and O–H groups in total. The third-order valence-corrected chi connectivity index (χ3v) is 2.38. The molecule has 0 fully saturated rings. The Balaban J connectivity index is 2.13. The van der Waals surface area contributed by atoms with Crippen molar-refractivity contribution in [2.75, 3.05) is 0 Å². The van der Waals surface area contributed by atoms with Gasteiger partial charge >= 0.3 is 0 Å². The van der Waals surface area contributed by atoms with E-state index >= 15 is 0 Å². The summed E-state index contributed by atoms with van der Waals surface area (Å²) in [7, 11) is 0. The lowest BCUT2D eigenvalue weighted by molar-refractivity contribution is -0.754. The summed E-state index contributed by atoms with van der Waals surface area (Å²) in [6.45, 7) is 5.04. The van der Waals surface area contributed by atoms with Gasteiger partial charge in [-0.05, 0) is 12.0 Å². The predicted octanol–water partition coefficient (Wildman–Crippen LogP) is 2.13. The van der Waals surface area contributed by atoms with Crippen LogP contribution in [0.1, 0.15) is 25.5 Å². The van der Waals surface area contributed by atoms with E-state index in [1.165, 1.54) is 6.42 Å². The molecule has 2 aromatic rings. The molecule has 0 aliphatic heterocycles. The molecule has 0 aliphatic rings. The molecule has 4 nitrogen and oxygen atoms in total. The van der Waals surface area contributed by atoms with Gasteiger partial charge in [0.15, 0.2) is 12.7 Å². The van der Waals surface area contributed by atoms with E-state index < -0.39 is 0 Å². The zero-order valence-corrected chi connectivity index (χ0v) is 9.68. The summed E-state index contributed by atoms with van der Waals surface area (Å²) in [5.41, 5.74) is 1.80. The van der Waals surface area contributed by atoms with Gasteiger partial charge in [0.2, 0.25) is 5.89 Å². The van der Waals surface area contributed by atoms with Crippen LogP contribution in [-0.4, -0.2) is 10.1 Å². The van der Waals surface area contributed by atoms with Gasteiger partial charge in [0, 0.05) is 12.5 Å². The Bertz CT molecular complexity index is 448. The first-order valence-corrected chi connectivity index (χ1v) is 5.58. The number of hydrogen-bond acceptors (Lipinski definition) is 3. The molecule has 0 saturated heterocycles. The molecule has 0 bridgehead atoms. The quantitative estimate of drug-likeness (QED) is 0.738. The first-order valence-electron chi connectivity index (χ1n) is 5.58. The largest absolute Gasteiger partial charge is 0.444 e. The molecule has 84 valence electrons. The average molecular weight is 218 g/mol.